The van der Waals surface area contributed by atoms with E-state index >= 15 is 0 Å². The van der Waals surface area contributed by atoms with Gasteiger partial charge in [-0.05, 0) is 31.6 Å². The van der Waals surface area contributed by atoms with Gasteiger partial charge in [-0.25, -0.2) is 9.97 Å². The lowest BCUT2D eigenvalue weighted by atomic mass is 9.95. The Balaban J connectivity index is 2.25. The van der Waals surface area contributed by atoms with E-state index in [1.807, 2.05) is 13.8 Å². The number of fused-ring (bicyclic) bond motifs is 1. The van der Waals surface area contributed by atoms with Gasteiger partial charge in [0.25, 0.3) is 0 Å². The normalized spacial score (nSPS) is 16.2. The fraction of sp³-hybridized carbons (Fsp3) is 0.615. The van der Waals surface area contributed by atoms with Crippen LogP contribution >= 0.6 is 0 Å². The molecule has 2 rings (SSSR count). The molecule has 0 aliphatic heterocycles. The minimum absolute atomic E-state index is 0.136. The van der Waals surface area contributed by atoms with Crippen molar-refractivity contribution in [1.29, 1.82) is 0 Å². The van der Waals surface area contributed by atoms with E-state index in [2.05, 4.69) is 15.3 Å². The number of carbonyl (C=O) groups excluding carboxylic acids is 1. The number of carbonyl (C=O) groups is 1. The van der Waals surface area contributed by atoms with E-state index < -0.39 is 0 Å². The minimum atomic E-state index is -0.383. The number of anilines is 1. The van der Waals surface area contributed by atoms with Crippen LogP contribution in [0.2, 0.25) is 0 Å². The topological polar surface area (TPSA) is 80.9 Å². The molecule has 5 heteroatoms. The maximum atomic E-state index is 11.4. The van der Waals surface area contributed by atoms with Crippen LogP contribution in [0.15, 0.2) is 6.33 Å². The fourth-order valence-electron chi connectivity index (χ4n) is 2.36. The molecule has 1 heterocycles. The monoisotopic (exact) mass is 248 g/mol. The second kappa shape index (κ2) is 5.33. The Labute approximate surface area is 107 Å². The van der Waals surface area contributed by atoms with Crippen molar-refractivity contribution in [2.24, 2.45) is 11.7 Å². The Hall–Kier alpha value is -1.65. The van der Waals surface area contributed by atoms with Crippen LogP contribution in [0.1, 0.15) is 37.9 Å². The van der Waals surface area contributed by atoms with Gasteiger partial charge in [0, 0.05) is 11.3 Å². The molecule has 0 saturated heterocycles. The molecule has 1 atom stereocenters. The third-order valence-electron chi connectivity index (χ3n) is 3.39. The van der Waals surface area contributed by atoms with E-state index in [1.165, 1.54) is 6.42 Å². The molecule has 18 heavy (non-hydrogen) atoms. The molecule has 0 aromatic carbocycles. The minimum Gasteiger partial charge on any atom is -0.368 e. The zero-order valence-corrected chi connectivity index (χ0v) is 10.9. The first kappa shape index (κ1) is 12.8. The highest BCUT2D eigenvalue weighted by molar-refractivity contribution is 5.83. The summed E-state index contributed by atoms with van der Waals surface area (Å²) >= 11 is 0. The molecule has 1 aromatic heterocycles. The molecule has 1 aliphatic rings. The molecule has 0 spiro atoms. The molecule has 1 unspecified atom stereocenters. The maximum Gasteiger partial charge on any atom is 0.240 e. The van der Waals surface area contributed by atoms with E-state index in [4.69, 9.17) is 5.73 Å². The predicted molar refractivity (Wildman–Crippen MR) is 70.1 cm³/mol. The summed E-state index contributed by atoms with van der Waals surface area (Å²) in [7, 11) is 0. The first-order valence-corrected chi connectivity index (χ1v) is 6.48. The van der Waals surface area contributed by atoms with Crippen molar-refractivity contribution < 1.29 is 4.79 Å². The number of hydrogen-bond donors (Lipinski definition) is 2. The average molecular weight is 248 g/mol. The Bertz CT molecular complexity index is 445. The lowest BCUT2D eigenvalue weighted by Crippen LogP contribution is -2.40. The van der Waals surface area contributed by atoms with Gasteiger partial charge >= 0.3 is 0 Å². The van der Waals surface area contributed by atoms with Crippen LogP contribution in [0.5, 0.6) is 0 Å². The van der Waals surface area contributed by atoms with Crippen LogP contribution in [0.4, 0.5) is 5.82 Å². The highest BCUT2D eigenvalue weighted by Crippen LogP contribution is 2.25. The van der Waals surface area contributed by atoms with Gasteiger partial charge < -0.3 is 11.1 Å². The van der Waals surface area contributed by atoms with Crippen LogP contribution in [0, 0.1) is 5.92 Å². The molecule has 5 nitrogen and oxygen atoms in total. The zero-order valence-electron chi connectivity index (χ0n) is 10.9. The molecule has 3 N–H and O–H groups in total. The first-order chi connectivity index (χ1) is 8.59. The lowest BCUT2D eigenvalue weighted by molar-refractivity contribution is -0.119. The fourth-order valence-corrected chi connectivity index (χ4v) is 2.36. The summed E-state index contributed by atoms with van der Waals surface area (Å²) in [5, 5.41) is 3.18. The van der Waals surface area contributed by atoms with E-state index in [0.29, 0.717) is 0 Å². The maximum absolute atomic E-state index is 11.4. The van der Waals surface area contributed by atoms with Gasteiger partial charge in [0.15, 0.2) is 0 Å². The van der Waals surface area contributed by atoms with Crippen molar-refractivity contribution >= 4 is 11.7 Å². The number of nitrogens with one attached hydrogen (secondary N) is 1. The summed E-state index contributed by atoms with van der Waals surface area (Å²) in [6.07, 6.45) is 5.85. The van der Waals surface area contributed by atoms with Crippen LogP contribution in [0.3, 0.4) is 0 Å². The molecule has 0 saturated carbocycles. The molecular formula is C13H20N4O. The zero-order chi connectivity index (χ0) is 13.1. The molecule has 0 bridgehead atoms. The number of aromatic nitrogens is 2. The van der Waals surface area contributed by atoms with Gasteiger partial charge in [-0.1, -0.05) is 13.8 Å². The summed E-state index contributed by atoms with van der Waals surface area (Å²) in [5.41, 5.74) is 7.67. The number of nitrogens with zero attached hydrogens (tertiary/aromatic N) is 2. The van der Waals surface area contributed by atoms with Crippen LogP contribution in [0.25, 0.3) is 0 Å². The van der Waals surface area contributed by atoms with Crippen LogP contribution in [-0.4, -0.2) is 21.9 Å². The highest BCUT2D eigenvalue weighted by atomic mass is 16.1. The summed E-state index contributed by atoms with van der Waals surface area (Å²) in [4.78, 5) is 20.0. The van der Waals surface area contributed by atoms with Crippen molar-refractivity contribution in [2.45, 2.75) is 45.6 Å². The van der Waals surface area contributed by atoms with E-state index in [9.17, 15) is 4.79 Å². The third kappa shape index (κ3) is 2.60. The smallest absolute Gasteiger partial charge is 0.240 e. The molecular weight excluding hydrogens is 228 g/mol. The van der Waals surface area contributed by atoms with Gasteiger partial charge in [-0.2, -0.15) is 0 Å². The van der Waals surface area contributed by atoms with Gasteiger partial charge in [-0.3, -0.25) is 4.79 Å². The SMILES string of the molecule is CC(C)C(Nc1ncnc2c1CCCC2)C(N)=O. The molecule has 98 valence electrons. The molecule has 0 radical (unpaired) electrons. The van der Waals surface area contributed by atoms with Crippen molar-refractivity contribution in [3.63, 3.8) is 0 Å². The van der Waals surface area contributed by atoms with Gasteiger partial charge in [0.2, 0.25) is 5.91 Å². The molecule has 1 aliphatic carbocycles. The second-order valence-corrected chi connectivity index (χ2v) is 5.12. The van der Waals surface area contributed by atoms with Crippen LogP contribution in [-0.2, 0) is 17.6 Å². The number of aryl methyl sites for hydroxylation is 1. The van der Waals surface area contributed by atoms with E-state index in [1.54, 1.807) is 6.33 Å². The van der Waals surface area contributed by atoms with E-state index in [-0.39, 0.29) is 17.9 Å². The lowest BCUT2D eigenvalue weighted by Gasteiger charge is -2.23. The molecule has 1 amide bonds. The van der Waals surface area contributed by atoms with Gasteiger partial charge in [0.05, 0.1) is 0 Å². The predicted octanol–water partition coefficient (Wildman–Crippen LogP) is 1.28. The van der Waals surface area contributed by atoms with Gasteiger partial charge in [0.1, 0.15) is 18.2 Å². The van der Waals surface area contributed by atoms with E-state index in [0.717, 1.165) is 36.3 Å². The molecule has 0 fully saturated rings. The Kier molecular flexibility index (Phi) is 3.79. The second-order valence-electron chi connectivity index (χ2n) is 5.12. The number of hydrogen-bond acceptors (Lipinski definition) is 4. The highest BCUT2D eigenvalue weighted by Gasteiger charge is 2.23. The van der Waals surface area contributed by atoms with Gasteiger partial charge in [-0.15, -0.1) is 0 Å². The number of nitrogens with two attached hydrogens (primary N) is 1. The number of rotatable bonds is 4. The number of primary amides is 1. The van der Waals surface area contributed by atoms with Crippen molar-refractivity contribution in [3.8, 4) is 0 Å². The summed E-state index contributed by atoms with van der Waals surface area (Å²) in [6.45, 7) is 3.94. The quantitative estimate of drug-likeness (QED) is 0.841. The Morgan fingerprint density at radius 1 is 1.33 bits per heavy atom. The standard InChI is InChI=1S/C13H20N4O/c1-8(2)11(12(14)18)17-13-9-5-3-4-6-10(9)15-7-16-13/h7-8,11H,3-6H2,1-2H3,(H2,14,18)(H,15,16,17). The average Bonchev–Trinajstić information content (AvgIpc) is 2.35. The van der Waals surface area contributed by atoms with Crippen LogP contribution < -0.4 is 11.1 Å². The Morgan fingerprint density at radius 3 is 2.72 bits per heavy atom. The third-order valence-corrected chi connectivity index (χ3v) is 3.39. The number of amides is 1. The van der Waals surface area contributed by atoms with Crippen molar-refractivity contribution in [3.05, 3.63) is 17.6 Å². The summed E-state index contributed by atoms with van der Waals surface area (Å²) in [5.74, 6) is 0.571. The molecule has 1 aromatic rings. The first-order valence-electron chi connectivity index (χ1n) is 6.48. The largest absolute Gasteiger partial charge is 0.368 e. The summed E-state index contributed by atoms with van der Waals surface area (Å²) < 4.78 is 0. The summed E-state index contributed by atoms with van der Waals surface area (Å²) in [6, 6.07) is -0.383. The van der Waals surface area contributed by atoms with Crippen molar-refractivity contribution in [1.82, 2.24) is 9.97 Å². The Morgan fingerprint density at radius 2 is 2.06 bits per heavy atom. The van der Waals surface area contributed by atoms with Crippen molar-refractivity contribution in [2.75, 3.05) is 5.32 Å².